The van der Waals surface area contributed by atoms with Crippen molar-refractivity contribution in [1.82, 2.24) is 9.97 Å². The molecule has 0 aliphatic rings. The monoisotopic (exact) mass is 470 g/mol. The van der Waals surface area contributed by atoms with E-state index in [4.69, 9.17) is 20.2 Å². The SMILES string of the molecule is CC(C)(O)C(C)(C)O.OB(O)c1cccc(-c2nc(-c3ccccc3)cc(-c3ccccc3)n2)c1. The maximum Gasteiger partial charge on any atom is 0.488 e. The maximum absolute atomic E-state index is 9.47. The fourth-order valence-corrected chi connectivity index (χ4v) is 2.93. The second-order valence-corrected chi connectivity index (χ2v) is 9.31. The summed E-state index contributed by atoms with van der Waals surface area (Å²) in [6, 6.07) is 28.8. The summed E-state index contributed by atoms with van der Waals surface area (Å²) in [5.74, 6) is 0.540. The molecule has 1 heterocycles. The quantitative estimate of drug-likeness (QED) is 0.332. The molecule has 1 aromatic heterocycles. The highest BCUT2D eigenvalue weighted by atomic mass is 16.4. The third-order valence-electron chi connectivity index (χ3n) is 5.81. The lowest BCUT2D eigenvalue weighted by Crippen LogP contribution is -2.44. The van der Waals surface area contributed by atoms with Gasteiger partial charge in [-0.15, -0.1) is 0 Å². The van der Waals surface area contributed by atoms with Gasteiger partial charge in [0.15, 0.2) is 5.82 Å². The minimum Gasteiger partial charge on any atom is -0.423 e. The number of aromatic nitrogens is 2. The lowest BCUT2D eigenvalue weighted by atomic mass is 9.79. The van der Waals surface area contributed by atoms with Gasteiger partial charge in [-0.1, -0.05) is 84.9 Å². The van der Waals surface area contributed by atoms with E-state index in [1.165, 1.54) is 0 Å². The molecule has 180 valence electrons. The third-order valence-corrected chi connectivity index (χ3v) is 5.81. The molecule has 4 rings (SSSR count). The van der Waals surface area contributed by atoms with Crippen molar-refractivity contribution in [3.05, 3.63) is 91.0 Å². The van der Waals surface area contributed by atoms with Gasteiger partial charge in [-0.05, 0) is 39.2 Å². The summed E-state index contributed by atoms with van der Waals surface area (Å²) in [4.78, 5) is 9.45. The van der Waals surface area contributed by atoms with Crippen molar-refractivity contribution in [2.24, 2.45) is 0 Å². The van der Waals surface area contributed by atoms with Gasteiger partial charge >= 0.3 is 7.12 Å². The lowest BCUT2D eigenvalue weighted by molar-refractivity contribution is -0.107. The first-order chi connectivity index (χ1) is 16.5. The van der Waals surface area contributed by atoms with Crippen LogP contribution in [-0.4, -0.2) is 48.5 Å². The number of aliphatic hydroxyl groups is 2. The zero-order chi connectivity index (χ0) is 25.6. The van der Waals surface area contributed by atoms with Crippen LogP contribution in [0.25, 0.3) is 33.9 Å². The minimum absolute atomic E-state index is 0.405. The predicted octanol–water partition coefficient (Wildman–Crippen LogP) is 3.69. The molecular formula is C28H31BN2O4. The Kier molecular flexibility index (Phi) is 8.20. The Bertz CT molecular complexity index is 1170. The summed E-state index contributed by atoms with van der Waals surface area (Å²) < 4.78 is 0. The largest absolute Gasteiger partial charge is 0.488 e. The molecule has 0 unspecified atom stereocenters. The van der Waals surface area contributed by atoms with E-state index < -0.39 is 18.3 Å². The van der Waals surface area contributed by atoms with Crippen LogP contribution in [0.5, 0.6) is 0 Å². The number of benzene rings is 3. The van der Waals surface area contributed by atoms with Crippen LogP contribution in [-0.2, 0) is 0 Å². The summed E-state index contributed by atoms with van der Waals surface area (Å²) in [6.45, 7) is 6.31. The van der Waals surface area contributed by atoms with Crippen LogP contribution in [0, 0.1) is 0 Å². The molecule has 0 atom stereocenters. The van der Waals surface area contributed by atoms with Crippen LogP contribution in [0.2, 0.25) is 0 Å². The number of nitrogens with zero attached hydrogens (tertiary/aromatic N) is 2. The van der Waals surface area contributed by atoms with Gasteiger partial charge in [-0.25, -0.2) is 9.97 Å². The van der Waals surface area contributed by atoms with Crippen LogP contribution < -0.4 is 5.46 Å². The van der Waals surface area contributed by atoms with Crippen molar-refractivity contribution in [3.63, 3.8) is 0 Å². The molecule has 0 bridgehead atoms. The van der Waals surface area contributed by atoms with Crippen LogP contribution in [0.4, 0.5) is 0 Å². The highest BCUT2D eigenvalue weighted by Gasteiger charge is 2.31. The van der Waals surface area contributed by atoms with Gasteiger partial charge in [-0.3, -0.25) is 0 Å². The van der Waals surface area contributed by atoms with E-state index in [9.17, 15) is 10.0 Å². The fourth-order valence-electron chi connectivity index (χ4n) is 2.93. The Labute approximate surface area is 206 Å². The Morgan fingerprint density at radius 2 is 1.00 bits per heavy atom. The lowest BCUT2D eigenvalue weighted by Gasteiger charge is -2.31. The van der Waals surface area contributed by atoms with Crippen LogP contribution in [0.3, 0.4) is 0 Å². The van der Waals surface area contributed by atoms with E-state index in [1.807, 2.05) is 72.8 Å². The number of hydrogen-bond acceptors (Lipinski definition) is 6. The maximum atomic E-state index is 9.47. The summed E-state index contributed by atoms with van der Waals surface area (Å²) in [6.07, 6.45) is 0. The first-order valence-corrected chi connectivity index (χ1v) is 11.4. The van der Waals surface area contributed by atoms with E-state index in [1.54, 1.807) is 45.9 Å². The van der Waals surface area contributed by atoms with Crippen molar-refractivity contribution < 1.29 is 20.3 Å². The molecule has 0 aliphatic carbocycles. The standard InChI is InChI=1S/C22H17BN2O2.C6H14O2/c26-23(27)19-13-7-12-18(14-19)22-24-20(16-8-3-1-4-9-16)15-21(25-22)17-10-5-2-6-11-17;1-5(2,7)6(3,4)8/h1-15,26-27H;7-8H,1-4H3. The molecule has 3 aromatic carbocycles. The zero-order valence-corrected chi connectivity index (χ0v) is 20.4. The summed E-state index contributed by atoms with van der Waals surface area (Å²) in [7, 11) is -1.53. The molecule has 6 nitrogen and oxygen atoms in total. The molecule has 0 spiro atoms. The normalized spacial score (nSPS) is 11.4. The molecule has 7 heteroatoms. The third kappa shape index (κ3) is 7.07. The molecule has 0 saturated carbocycles. The van der Waals surface area contributed by atoms with Gasteiger partial charge in [0.2, 0.25) is 0 Å². The number of rotatable bonds is 5. The summed E-state index contributed by atoms with van der Waals surface area (Å²) in [5.41, 5.74) is 2.75. The van der Waals surface area contributed by atoms with Crippen LogP contribution in [0.15, 0.2) is 91.0 Å². The highest BCUT2D eigenvalue weighted by molar-refractivity contribution is 6.58. The van der Waals surface area contributed by atoms with E-state index in [-0.39, 0.29) is 0 Å². The zero-order valence-electron chi connectivity index (χ0n) is 20.4. The van der Waals surface area contributed by atoms with Gasteiger partial charge in [0.1, 0.15) is 0 Å². The van der Waals surface area contributed by atoms with Crippen molar-refractivity contribution in [2.75, 3.05) is 0 Å². The smallest absolute Gasteiger partial charge is 0.423 e. The predicted molar refractivity (Wildman–Crippen MR) is 141 cm³/mol. The van der Waals surface area contributed by atoms with Crippen molar-refractivity contribution >= 4 is 12.6 Å². The second kappa shape index (κ2) is 10.9. The molecule has 4 aromatic rings. The fraction of sp³-hybridized carbons (Fsp3) is 0.214. The Hall–Kier alpha value is -3.36. The van der Waals surface area contributed by atoms with Crippen molar-refractivity contribution in [2.45, 2.75) is 38.9 Å². The number of hydrogen-bond donors (Lipinski definition) is 4. The van der Waals surface area contributed by atoms with Gasteiger partial charge in [0.25, 0.3) is 0 Å². The highest BCUT2D eigenvalue weighted by Crippen LogP contribution is 2.27. The Morgan fingerprint density at radius 3 is 1.40 bits per heavy atom. The van der Waals surface area contributed by atoms with Gasteiger partial charge in [0, 0.05) is 16.7 Å². The molecular weight excluding hydrogens is 439 g/mol. The summed E-state index contributed by atoms with van der Waals surface area (Å²) in [5, 5.41) is 37.2. The van der Waals surface area contributed by atoms with Crippen molar-refractivity contribution in [1.29, 1.82) is 0 Å². The molecule has 0 fully saturated rings. The van der Waals surface area contributed by atoms with Crippen LogP contribution in [0.1, 0.15) is 27.7 Å². The topological polar surface area (TPSA) is 107 Å². The Morgan fingerprint density at radius 1 is 0.571 bits per heavy atom. The minimum atomic E-state index is -1.53. The van der Waals surface area contributed by atoms with Crippen molar-refractivity contribution in [3.8, 4) is 33.9 Å². The average molecular weight is 470 g/mol. The molecule has 0 radical (unpaired) electrons. The van der Waals surface area contributed by atoms with Gasteiger partial charge in [-0.2, -0.15) is 0 Å². The molecule has 0 aliphatic heterocycles. The second-order valence-electron chi connectivity index (χ2n) is 9.31. The molecule has 0 saturated heterocycles. The Balaban J connectivity index is 0.000000371. The molecule has 4 N–H and O–H groups in total. The van der Waals surface area contributed by atoms with E-state index in [2.05, 4.69) is 0 Å². The van der Waals surface area contributed by atoms with Gasteiger partial charge in [0.05, 0.1) is 22.6 Å². The first kappa shape index (κ1) is 26.3. The van der Waals surface area contributed by atoms with E-state index in [0.717, 1.165) is 28.1 Å². The van der Waals surface area contributed by atoms with Crippen LogP contribution >= 0.6 is 0 Å². The van der Waals surface area contributed by atoms with E-state index in [0.29, 0.717) is 11.3 Å². The molecule has 35 heavy (non-hydrogen) atoms. The average Bonchev–Trinajstić information content (AvgIpc) is 2.84. The summed E-state index contributed by atoms with van der Waals surface area (Å²) >= 11 is 0. The van der Waals surface area contributed by atoms with E-state index >= 15 is 0 Å². The molecule has 0 amide bonds. The van der Waals surface area contributed by atoms with Gasteiger partial charge < -0.3 is 20.3 Å². The first-order valence-electron chi connectivity index (χ1n) is 11.4.